The lowest BCUT2D eigenvalue weighted by Crippen LogP contribution is -1.98. The standard InChI is InChI=1S/C9H8ClN3S/c10-8-3-1-7(2-4-8)5-13-6-11-12-9(13)14/h1-4,6H,5H2,(H,12,14). The summed E-state index contributed by atoms with van der Waals surface area (Å²) in [6.45, 7) is 0.711. The van der Waals surface area contributed by atoms with Crippen molar-refractivity contribution in [2.45, 2.75) is 11.7 Å². The lowest BCUT2D eigenvalue weighted by molar-refractivity contribution is 0.711. The molecule has 0 unspecified atom stereocenters. The summed E-state index contributed by atoms with van der Waals surface area (Å²) in [5, 5.41) is 8.88. The van der Waals surface area contributed by atoms with Gasteiger partial charge in [-0.2, -0.15) is 0 Å². The van der Waals surface area contributed by atoms with Crippen molar-refractivity contribution in [1.82, 2.24) is 14.8 Å². The zero-order chi connectivity index (χ0) is 9.97. The quantitative estimate of drug-likeness (QED) is 0.795. The minimum absolute atomic E-state index is 0.611. The molecule has 2 aromatic rings. The second-order valence-electron chi connectivity index (χ2n) is 2.89. The molecule has 0 aliphatic rings. The molecule has 1 aromatic carbocycles. The maximum absolute atomic E-state index is 5.78. The van der Waals surface area contributed by atoms with E-state index in [2.05, 4.69) is 22.8 Å². The molecule has 3 nitrogen and oxygen atoms in total. The van der Waals surface area contributed by atoms with E-state index < -0.39 is 0 Å². The van der Waals surface area contributed by atoms with Crippen molar-refractivity contribution < 1.29 is 0 Å². The lowest BCUT2D eigenvalue weighted by Gasteiger charge is -2.02. The number of thiol groups is 1. The number of nitrogens with zero attached hydrogens (tertiary/aromatic N) is 3. The zero-order valence-corrected chi connectivity index (χ0v) is 8.91. The van der Waals surface area contributed by atoms with Crippen molar-refractivity contribution in [3.8, 4) is 0 Å². The third kappa shape index (κ3) is 2.08. The molecule has 0 radical (unpaired) electrons. The maximum atomic E-state index is 5.78. The molecule has 1 heterocycles. The van der Waals surface area contributed by atoms with Gasteiger partial charge in [-0.1, -0.05) is 23.7 Å². The molecule has 0 bridgehead atoms. The molecule has 72 valence electrons. The molecular weight excluding hydrogens is 218 g/mol. The first-order valence-electron chi connectivity index (χ1n) is 4.07. The molecule has 1 aromatic heterocycles. The van der Waals surface area contributed by atoms with E-state index in [0.717, 1.165) is 10.6 Å². The van der Waals surface area contributed by atoms with Crippen LogP contribution in [0.15, 0.2) is 35.7 Å². The van der Waals surface area contributed by atoms with E-state index in [4.69, 9.17) is 11.6 Å². The molecule has 0 aliphatic heterocycles. The highest BCUT2D eigenvalue weighted by Gasteiger charge is 1.99. The van der Waals surface area contributed by atoms with E-state index >= 15 is 0 Å². The number of benzene rings is 1. The summed E-state index contributed by atoms with van der Waals surface area (Å²) in [5.41, 5.74) is 1.14. The van der Waals surface area contributed by atoms with Crippen molar-refractivity contribution in [2.24, 2.45) is 0 Å². The van der Waals surface area contributed by atoms with Gasteiger partial charge >= 0.3 is 0 Å². The van der Waals surface area contributed by atoms with Crippen LogP contribution in [0.5, 0.6) is 0 Å². The fourth-order valence-electron chi connectivity index (χ4n) is 1.15. The van der Waals surface area contributed by atoms with Gasteiger partial charge < -0.3 is 4.57 Å². The maximum Gasteiger partial charge on any atom is 0.188 e. The number of aromatic nitrogens is 3. The number of hydrogen-bond acceptors (Lipinski definition) is 3. The van der Waals surface area contributed by atoms with Crippen LogP contribution >= 0.6 is 24.2 Å². The van der Waals surface area contributed by atoms with Gasteiger partial charge in [-0.15, -0.1) is 22.8 Å². The smallest absolute Gasteiger partial charge is 0.188 e. The summed E-state index contributed by atoms with van der Waals surface area (Å²) in [6, 6.07) is 7.66. The van der Waals surface area contributed by atoms with E-state index in [0.29, 0.717) is 11.7 Å². The van der Waals surface area contributed by atoms with Gasteiger partial charge in [-0.25, -0.2) is 0 Å². The second kappa shape index (κ2) is 4.02. The number of halogens is 1. The minimum Gasteiger partial charge on any atom is -0.304 e. The van der Waals surface area contributed by atoms with Crippen LogP contribution in [0.1, 0.15) is 5.56 Å². The third-order valence-electron chi connectivity index (χ3n) is 1.86. The van der Waals surface area contributed by atoms with Gasteiger partial charge in [0.1, 0.15) is 6.33 Å². The van der Waals surface area contributed by atoms with E-state index in [1.807, 2.05) is 28.8 Å². The van der Waals surface area contributed by atoms with Crippen LogP contribution in [-0.4, -0.2) is 14.8 Å². The van der Waals surface area contributed by atoms with Crippen molar-refractivity contribution >= 4 is 24.2 Å². The second-order valence-corrected chi connectivity index (χ2v) is 3.72. The van der Waals surface area contributed by atoms with Gasteiger partial charge in [0.15, 0.2) is 5.16 Å². The summed E-state index contributed by atoms with van der Waals surface area (Å²) in [4.78, 5) is 0. The van der Waals surface area contributed by atoms with E-state index in [9.17, 15) is 0 Å². The molecule has 0 fully saturated rings. The Kier molecular flexibility index (Phi) is 2.74. The van der Waals surface area contributed by atoms with Crippen LogP contribution < -0.4 is 0 Å². The first-order chi connectivity index (χ1) is 6.75. The van der Waals surface area contributed by atoms with E-state index in [-0.39, 0.29) is 0 Å². The van der Waals surface area contributed by atoms with Gasteiger partial charge in [0.2, 0.25) is 0 Å². The Morgan fingerprint density at radius 1 is 1.29 bits per heavy atom. The predicted octanol–water partition coefficient (Wildman–Crippen LogP) is 2.27. The molecule has 0 spiro atoms. The third-order valence-corrected chi connectivity index (χ3v) is 2.46. The van der Waals surface area contributed by atoms with Gasteiger partial charge in [-0.3, -0.25) is 0 Å². The lowest BCUT2D eigenvalue weighted by atomic mass is 10.2. The molecule has 0 amide bonds. The normalized spacial score (nSPS) is 10.4. The Bertz CT molecular complexity index is 424. The Labute approximate surface area is 92.1 Å². The molecule has 0 aliphatic carbocycles. The minimum atomic E-state index is 0.611. The number of hydrogen-bond donors (Lipinski definition) is 1. The van der Waals surface area contributed by atoms with Gasteiger partial charge in [-0.05, 0) is 17.7 Å². The molecule has 0 atom stereocenters. The highest BCUT2D eigenvalue weighted by Crippen LogP contribution is 2.11. The number of rotatable bonds is 2. The fourth-order valence-corrected chi connectivity index (χ4v) is 1.45. The largest absolute Gasteiger partial charge is 0.304 e. The van der Waals surface area contributed by atoms with Crippen LogP contribution in [0.3, 0.4) is 0 Å². The Morgan fingerprint density at radius 3 is 2.57 bits per heavy atom. The summed E-state index contributed by atoms with van der Waals surface area (Å²) < 4.78 is 1.85. The first-order valence-corrected chi connectivity index (χ1v) is 4.89. The van der Waals surface area contributed by atoms with Gasteiger partial charge in [0.25, 0.3) is 0 Å². The highest BCUT2D eigenvalue weighted by molar-refractivity contribution is 7.80. The predicted molar refractivity (Wildman–Crippen MR) is 57.8 cm³/mol. The summed E-state index contributed by atoms with van der Waals surface area (Å²) in [5.74, 6) is 0. The monoisotopic (exact) mass is 225 g/mol. The van der Waals surface area contributed by atoms with Gasteiger partial charge in [0.05, 0.1) is 6.54 Å². The Hall–Kier alpha value is -1.00. The topological polar surface area (TPSA) is 30.7 Å². The average Bonchev–Trinajstić information content (AvgIpc) is 2.56. The van der Waals surface area contributed by atoms with Crippen molar-refractivity contribution in [2.75, 3.05) is 0 Å². The summed E-state index contributed by atoms with van der Waals surface area (Å²) in [7, 11) is 0. The first kappa shape index (κ1) is 9.55. The molecule has 0 N–H and O–H groups in total. The average molecular weight is 226 g/mol. The van der Waals surface area contributed by atoms with Crippen molar-refractivity contribution in [3.05, 3.63) is 41.2 Å². The van der Waals surface area contributed by atoms with Crippen molar-refractivity contribution in [3.63, 3.8) is 0 Å². The van der Waals surface area contributed by atoms with Crippen molar-refractivity contribution in [1.29, 1.82) is 0 Å². The van der Waals surface area contributed by atoms with E-state index in [1.54, 1.807) is 6.33 Å². The molecule has 2 rings (SSSR count). The van der Waals surface area contributed by atoms with Gasteiger partial charge in [0, 0.05) is 5.02 Å². The van der Waals surface area contributed by atoms with Crippen LogP contribution in [0.25, 0.3) is 0 Å². The van der Waals surface area contributed by atoms with Crippen LogP contribution in [0.4, 0.5) is 0 Å². The zero-order valence-electron chi connectivity index (χ0n) is 7.26. The Balaban J connectivity index is 2.19. The molecular formula is C9H8ClN3S. The molecule has 14 heavy (non-hydrogen) atoms. The van der Waals surface area contributed by atoms with Crippen LogP contribution in [0.2, 0.25) is 5.02 Å². The Morgan fingerprint density at radius 2 is 2.00 bits per heavy atom. The van der Waals surface area contributed by atoms with Crippen LogP contribution in [0, 0.1) is 0 Å². The molecule has 5 heteroatoms. The SMILES string of the molecule is Sc1nncn1Cc1ccc(Cl)cc1. The molecule has 0 saturated carbocycles. The summed E-state index contributed by atoms with van der Waals surface area (Å²) >= 11 is 9.94. The summed E-state index contributed by atoms with van der Waals surface area (Å²) in [6.07, 6.45) is 1.65. The highest BCUT2D eigenvalue weighted by atomic mass is 35.5. The van der Waals surface area contributed by atoms with Crippen LogP contribution in [-0.2, 0) is 6.54 Å². The van der Waals surface area contributed by atoms with E-state index in [1.165, 1.54) is 0 Å². The fraction of sp³-hybridized carbons (Fsp3) is 0.111. The molecule has 0 saturated heterocycles.